The number of phenols is 1. The van der Waals surface area contributed by atoms with Crippen LogP contribution in [-0.2, 0) is 14.3 Å². The third kappa shape index (κ3) is 12.0. The van der Waals surface area contributed by atoms with Crippen LogP contribution in [0.2, 0.25) is 0 Å². The molecular formula is C53H71N11O7S. The van der Waals surface area contributed by atoms with Gasteiger partial charge >= 0.3 is 0 Å². The number of nitrogens with zero attached hydrogens (tertiary/aromatic N) is 9. The lowest BCUT2D eigenvalue weighted by Crippen LogP contribution is -2.57. The zero-order chi connectivity index (χ0) is 50.4. The van der Waals surface area contributed by atoms with Crippen molar-refractivity contribution in [2.24, 2.45) is 5.92 Å². The Kier molecular flexibility index (Phi) is 16.4. The van der Waals surface area contributed by atoms with E-state index in [1.165, 1.54) is 4.90 Å². The second-order valence-electron chi connectivity index (χ2n) is 20.4. The predicted molar refractivity (Wildman–Crippen MR) is 277 cm³/mol. The standard InChI is InChI=1S/C53H71N11O7S/c1-35(2)48(52(68)64-32-40(65)29-44(64)51(67)56-36(3)38-11-13-39(14-12-38)49-37(4)55-34-72-49)46-31-47(59-71-46)69-27-25-61-23-21-60(22-24-61)17-7-8-18-62-26-28-70-53(33-62)15-19-63(20-16-53)43-30-42(57-58-50(43)54)41-9-5-6-10-45(41)66/h5-6,9-14,30-31,34-36,40,44,48,65-66H,7-8,15-29,32-33H2,1-4H3,(H2,54,58)(H,56,67)/t36-,40+,44-,48-/m0/s1. The second-order valence-corrected chi connectivity index (χ2v) is 21.2. The number of para-hydroxylation sites is 1. The molecule has 4 fully saturated rings. The molecule has 4 atom stereocenters. The number of piperidine rings is 1. The van der Waals surface area contributed by atoms with Gasteiger partial charge in [-0.1, -0.05) is 50.2 Å². The number of piperazine rings is 1. The summed E-state index contributed by atoms with van der Waals surface area (Å²) >= 11 is 1.59. The molecule has 1 spiro atoms. The summed E-state index contributed by atoms with van der Waals surface area (Å²) in [6.07, 6.45) is 3.46. The number of nitrogens with one attached hydrogen (secondary N) is 1. The summed E-state index contributed by atoms with van der Waals surface area (Å²) in [4.78, 5) is 44.7. The van der Waals surface area contributed by atoms with Gasteiger partial charge < -0.3 is 50.0 Å². The number of phenolic OH excluding ortho intramolecular Hbond substituents is 1. The van der Waals surface area contributed by atoms with E-state index in [0.717, 1.165) is 132 Å². The van der Waals surface area contributed by atoms with Crippen LogP contribution in [-0.4, -0.2) is 171 Å². The third-order valence-corrected chi connectivity index (χ3v) is 16.0. The van der Waals surface area contributed by atoms with Crippen molar-refractivity contribution in [3.63, 3.8) is 0 Å². The number of anilines is 2. The third-order valence-electron chi connectivity index (χ3n) is 15.0. The molecule has 3 aromatic heterocycles. The number of morpholine rings is 1. The van der Waals surface area contributed by atoms with Crippen molar-refractivity contribution in [3.8, 4) is 33.3 Å². The highest BCUT2D eigenvalue weighted by molar-refractivity contribution is 7.13. The highest BCUT2D eigenvalue weighted by Crippen LogP contribution is 2.37. The number of ether oxygens (including phenoxy) is 2. The molecule has 4 aliphatic rings. The SMILES string of the molecule is Cc1ncsc1-c1ccc([C@H](C)NC(=O)[C@@H]2C[C@@H](O)CN2C(=O)[C@H](c2cc(OCCN3CCN(CCCCN4CCOC5(CCN(c6cc(-c7ccccc7O)nnc6N)CC5)C4)CC3)no2)C(C)C)cc1. The second kappa shape index (κ2) is 23.0. The maximum atomic E-state index is 14.2. The number of aryl methyl sites for hydroxylation is 1. The normalized spacial score (nSPS) is 20.8. The minimum absolute atomic E-state index is 0.0632. The summed E-state index contributed by atoms with van der Waals surface area (Å²) < 4.78 is 18.3. The molecule has 5 aromatic rings. The van der Waals surface area contributed by atoms with Crippen LogP contribution in [0.15, 0.2) is 70.7 Å². The molecule has 0 bridgehead atoms. The predicted octanol–water partition coefficient (Wildman–Crippen LogP) is 5.58. The van der Waals surface area contributed by atoms with Crippen molar-refractivity contribution in [1.29, 1.82) is 0 Å². The number of hydrogen-bond acceptors (Lipinski definition) is 17. The number of unbranched alkanes of at least 4 members (excludes halogenated alkanes) is 1. The molecule has 7 heterocycles. The van der Waals surface area contributed by atoms with Crippen LogP contribution in [0.4, 0.5) is 11.5 Å². The van der Waals surface area contributed by atoms with Crippen molar-refractivity contribution < 1.29 is 33.8 Å². The Morgan fingerprint density at radius 1 is 0.931 bits per heavy atom. The number of aliphatic hydroxyl groups excluding tert-OH is 1. The summed E-state index contributed by atoms with van der Waals surface area (Å²) in [5, 5.41) is 36.8. The fraction of sp³-hybridized carbons (Fsp3) is 0.547. The molecule has 0 radical (unpaired) electrons. The van der Waals surface area contributed by atoms with E-state index in [0.29, 0.717) is 35.3 Å². The molecule has 4 saturated heterocycles. The van der Waals surface area contributed by atoms with Gasteiger partial charge in [-0.2, -0.15) is 0 Å². The van der Waals surface area contributed by atoms with Gasteiger partial charge in [-0.05, 0) is 93.0 Å². The number of thiazole rings is 1. The maximum Gasteiger partial charge on any atom is 0.254 e. The van der Waals surface area contributed by atoms with Gasteiger partial charge in [0.1, 0.15) is 24.3 Å². The lowest BCUT2D eigenvalue weighted by Gasteiger charge is -2.48. The van der Waals surface area contributed by atoms with E-state index in [4.69, 9.17) is 19.7 Å². The number of nitrogen functional groups attached to an aromatic ring is 1. The van der Waals surface area contributed by atoms with Crippen molar-refractivity contribution in [3.05, 3.63) is 83.2 Å². The van der Waals surface area contributed by atoms with Crippen LogP contribution in [0.25, 0.3) is 21.7 Å². The fourth-order valence-electron chi connectivity index (χ4n) is 10.8. The summed E-state index contributed by atoms with van der Waals surface area (Å²) in [6.45, 7) is 19.4. The van der Waals surface area contributed by atoms with E-state index in [1.54, 1.807) is 29.5 Å². The largest absolute Gasteiger partial charge is 0.507 e. The number of amides is 2. The van der Waals surface area contributed by atoms with Crippen LogP contribution in [0.1, 0.15) is 81.9 Å². The molecule has 4 aliphatic heterocycles. The number of carbonyl (C=O) groups is 2. The number of aliphatic hydroxyl groups is 1. The summed E-state index contributed by atoms with van der Waals surface area (Å²) in [7, 11) is 0. The van der Waals surface area contributed by atoms with E-state index < -0.39 is 18.1 Å². The summed E-state index contributed by atoms with van der Waals surface area (Å²) in [5.74, 6) is -0.190. The molecule has 2 aromatic carbocycles. The summed E-state index contributed by atoms with van der Waals surface area (Å²) in [5.41, 5.74) is 13.1. The molecule has 0 aliphatic carbocycles. The number of β-amino-alcohol motifs (C(OH)–C–C–N with tert-alkyl or cyclic N) is 1. The lowest BCUT2D eigenvalue weighted by atomic mass is 9.89. The van der Waals surface area contributed by atoms with E-state index in [2.05, 4.69) is 45.3 Å². The monoisotopic (exact) mass is 1010 g/mol. The summed E-state index contributed by atoms with van der Waals surface area (Å²) in [6, 6.07) is 17.7. The smallest absolute Gasteiger partial charge is 0.254 e. The topological polar surface area (TPSA) is 212 Å². The maximum absolute atomic E-state index is 14.2. The van der Waals surface area contributed by atoms with Crippen LogP contribution < -0.4 is 20.7 Å². The van der Waals surface area contributed by atoms with Gasteiger partial charge in [0.15, 0.2) is 11.6 Å². The highest BCUT2D eigenvalue weighted by Gasteiger charge is 2.44. The number of carbonyl (C=O) groups excluding carboxylic acids is 2. The number of nitrogens with two attached hydrogens (primary N) is 1. The number of benzene rings is 2. The number of hydrogen-bond donors (Lipinski definition) is 4. The Labute approximate surface area is 426 Å². The molecule has 19 heteroatoms. The Hall–Kier alpha value is -5.70. The Morgan fingerprint density at radius 3 is 2.36 bits per heavy atom. The van der Waals surface area contributed by atoms with Gasteiger partial charge in [0.2, 0.25) is 11.8 Å². The van der Waals surface area contributed by atoms with E-state index in [1.807, 2.05) is 75.7 Å². The first kappa shape index (κ1) is 51.2. The fourth-order valence-corrected chi connectivity index (χ4v) is 11.6. The first-order valence-electron chi connectivity index (χ1n) is 25.7. The first-order valence-corrected chi connectivity index (χ1v) is 26.6. The van der Waals surface area contributed by atoms with E-state index in [9.17, 15) is 19.8 Å². The number of rotatable bonds is 18. The van der Waals surface area contributed by atoms with Crippen molar-refractivity contribution in [2.75, 3.05) is 102 Å². The lowest BCUT2D eigenvalue weighted by molar-refractivity contribution is -0.141. The molecule has 72 heavy (non-hydrogen) atoms. The van der Waals surface area contributed by atoms with Crippen LogP contribution in [0, 0.1) is 12.8 Å². The zero-order valence-electron chi connectivity index (χ0n) is 42.1. The Morgan fingerprint density at radius 2 is 1.65 bits per heavy atom. The zero-order valence-corrected chi connectivity index (χ0v) is 42.9. The number of aromatic nitrogens is 4. The molecule has 9 rings (SSSR count). The van der Waals surface area contributed by atoms with Gasteiger partial charge in [-0.15, -0.1) is 21.5 Å². The minimum Gasteiger partial charge on any atom is -0.507 e. The molecular weight excluding hydrogens is 935 g/mol. The van der Waals surface area contributed by atoms with Gasteiger partial charge in [-0.25, -0.2) is 4.98 Å². The van der Waals surface area contributed by atoms with Crippen LogP contribution in [0.5, 0.6) is 11.6 Å². The number of aromatic hydroxyl groups is 1. The molecule has 2 amide bonds. The molecule has 18 nitrogen and oxygen atoms in total. The van der Waals surface area contributed by atoms with Gasteiger partial charge in [0.25, 0.3) is 5.88 Å². The molecule has 0 unspecified atom stereocenters. The molecule has 386 valence electrons. The van der Waals surface area contributed by atoms with Gasteiger partial charge in [0.05, 0.1) is 51.8 Å². The minimum atomic E-state index is -0.818. The Balaban J connectivity index is 0.672. The van der Waals surface area contributed by atoms with E-state index in [-0.39, 0.29) is 48.1 Å². The highest BCUT2D eigenvalue weighted by atomic mass is 32.1. The van der Waals surface area contributed by atoms with Gasteiger partial charge in [-0.3, -0.25) is 19.4 Å². The Bertz CT molecular complexity index is 2590. The van der Waals surface area contributed by atoms with Crippen molar-refractivity contribution >= 4 is 34.7 Å². The number of likely N-dealkylation sites (tertiary alicyclic amines) is 1. The van der Waals surface area contributed by atoms with Crippen LogP contribution >= 0.6 is 11.3 Å². The quantitative estimate of drug-likeness (QED) is 0.0790. The van der Waals surface area contributed by atoms with E-state index >= 15 is 0 Å². The van der Waals surface area contributed by atoms with Crippen molar-refractivity contribution in [2.45, 2.75) is 89.5 Å². The molecule has 5 N–H and O–H groups in total. The first-order chi connectivity index (χ1) is 34.8. The van der Waals surface area contributed by atoms with Crippen LogP contribution in [0.3, 0.4) is 0 Å². The average Bonchev–Trinajstić information content (AvgIpc) is 4.14. The average molecular weight is 1010 g/mol. The molecule has 0 saturated carbocycles. The van der Waals surface area contributed by atoms with Crippen molar-refractivity contribution in [1.82, 2.24) is 45.3 Å². The van der Waals surface area contributed by atoms with Gasteiger partial charge in [0, 0.05) is 83.5 Å².